The van der Waals surface area contributed by atoms with Gasteiger partial charge in [-0.2, -0.15) is 0 Å². The third-order valence-corrected chi connectivity index (χ3v) is 4.93. The van der Waals surface area contributed by atoms with Gasteiger partial charge in [0.25, 0.3) is 0 Å². The van der Waals surface area contributed by atoms with Gasteiger partial charge in [0, 0.05) is 12.6 Å². The predicted molar refractivity (Wildman–Crippen MR) is 73.6 cm³/mol. The van der Waals surface area contributed by atoms with Crippen LogP contribution in [0.4, 0.5) is 11.4 Å². The van der Waals surface area contributed by atoms with Crippen LogP contribution in [0.1, 0.15) is 19.3 Å². The summed E-state index contributed by atoms with van der Waals surface area (Å²) in [5.41, 5.74) is 2.04. The first-order valence-electron chi connectivity index (χ1n) is 7.03. The van der Waals surface area contributed by atoms with Gasteiger partial charge < -0.3 is 15.0 Å². The molecule has 2 fully saturated rings. The van der Waals surface area contributed by atoms with Crippen molar-refractivity contribution in [2.24, 2.45) is 11.8 Å². The molecule has 100 valence electrons. The molecule has 2 aliphatic heterocycles. The number of anilines is 2. The highest BCUT2D eigenvalue weighted by Gasteiger charge is 2.49. The van der Waals surface area contributed by atoms with Crippen LogP contribution in [0.5, 0.6) is 5.75 Å². The highest BCUT2D eigenvalue weighted by Crippen LogP contribution is 2.48. The molecule has 1 N–H and O–H groups in total. The molecule has 1 aliphatic carbocycles. The molecule has 0 radical (unpaired) electrons. The van der Waals surface area contributed by atoms with Crippen molar-refractivity contribution in [1.29, 1.82) is 0 Å². The molecule has 1 amide bonds. The number of methoxy groups -OCH3 is 1. The molecule has 3 atom stereocenters. The molecule has 3 unspecified atom stereocenters. The van der Waals surface area contributed by atoms with Gasteiger partial charge in [0.15, 0.2) is 0 Å². The average molecular weight is 258 g/mol. The number of ether oxygens (including phenoxy) is 1. The van der Waals surface area contributed by atoms with Gasteiger partial charge in [-0.05, 0) is 36.8 Å². The van der Waals surface area contributed by atoms with Crippen molar-refractivity contribution in [3.05, 3.63) is 18.2 Å². The number of fused-ring (bicyclic) bond motifs is 5. The fourth-order valence-electron chi connectivity index (χ4n) is 4.09. The Morgan fingerprint density at radius 1 is 1.37 bits per heavy atom. The fraction of sp³-hybridized carbons (Fsp3) is 0.533. The molecule has 1 aromatic rings. The van der Waals surface area contributed by atoms with E-state index in [0.717, 1.165) is 23.7 Å². The molecular formula is C15H18N2O2. The highest BCUT2D eigenvalue weighted by molar-refractivity contribution is 6.04. The number of benzene rings is 1. The summed E-state index contributed by atoms with van der Waals surface area (Å²) in [6, 6.07) is 6.01. The second-order valence-corrected chi connectivity index (χ2v) is 5.82. The number of hydrogen-bond acceptors (Lipinski definition) is 3. The van der Waals surface area contributed by atoms with Crippen molar-refractivity contribution < 1.29 is 9.53 Å². The number of carbonyl (C=O) groups excluding carboxylic acids is 1. The Labute approximate surface area is 112 Å². The molecule has 4 rings (SSSR count). The van der Waals surface area contributed by atoms with E-state index in [4.69, 9.17) is 4.74 Å². The standard InChI is InChI=1S/C15H18N2O2/c1-19-10-5-6-13-12(7-10)16-15(18)14-11-4-2-3-9(11)8-17(13)14/h5-7,9,11,14H,2-4,8H2,1H3,(H,16,18). The topological polar surface area (TPSA) is 41.6 Å². The van der Waals surface area contributed by atoms with Crippen molar-refractivity contribution in [2.75, 3.05) is 23.9 Å². The molecule has 0 bridgehead atoms. The van der Waals surface area contributed by atoms with Crippen LogP contribution in [-0.4, -0.2) is 25.6 Å². The van der Waals surface area contributed by atoms with Crippen LogP contribution < -0.4 is 15.0 Å². The molecule has 3 aliphatic rings. The highest BCUT2D eigenvalue weighted by atomic mass is 16.5. The van der Waals surface area contributed by atoms with E-state index in [0.29, 0.717) is 11.8 Å². The normalized spacial score (nSPS) is 31.5. The zero-order valence-electron chi connectivity index (χ0n) is 11.1. The third kappa shape index (κ3) is 1.49. The molecule has 1 saturated heterocycles. The van der Waals surface area contributed by atoms with Crippen LogP contribution in [0.25, 0.3) is 0 Å². The quantitative estimate of drug-likeness (QED) is 0.840. The molecule has 0 spiro atoms. The van der Waals surface area contributed by atoms with E-state index in [2.05, 4.69) is 16.3 Å². The summed E-state index contributed by atoms with van der Waals surface area (Å²) < 4.78 is 5.23. The minimum atomic E-state index is 0.0494. The Balaban J connectivity index is 1.76. The van der Waals surface area contributed by atoms with Crippen molar-refractivity contribution in [2.45, 2.75) is 25.3 Å². The van der Waals surface area contributed by atoms with E-state index >= 15 is 0 Å². The van der Waals surface area contributed by atoms with Crippen LogP contribution in [0.3, 0.4) is 0 Å². The SMILES string of the molecule is COc1ccc2c(c1)NC(=O)C1C3CCCC3CN21. The Morgan fingerprint density at radius 3 is 3.11 bits per heavy atom. The minimum Gasteiger partial charge on any atom is -0.497 e. The van der Waals surface area contributed by atoms with E-state index in [1.807, 2.05) is 12.1 Å². The summed E-state index contributed by atoms with van der Waals surface area (Å²) >= 11 is 0. The van der Waals surface area contributed by atoms with Crippen LogP contribution in [0.2, 0.25) is 0 Å². The third-order valence-electron chi connectivity index (χ3n) is 4.93. The summed E-state index contributed by atoms with van der Waals surface area (Å²) in [6.45, 7) is 1.03. The maximum Gasteiger partial charge on any atom is 0.247 e. The van der Waals surface area contributed by atoms with Gasteiger partial charge in [-0.3, -0.25) is 4.79 Å². The second kappa shape index (κ2) is 3.89. The van der Waals surface area contributed by atoms with E-state index in [9.17, 15) is 4.79 Å². The second-order valence-electron chi connectivity index (χ2n) is 5.82. The largest absolute Gasteiger partial charge is 0.497 e. The Hall–Kier alpha value is -1.71. The lowest BCUT2D eigenvalue weighted by Crippen LogP contribution is -2.46. The van der Waals surface area contributed by atoms with Gasteiger partial charge in [0.05, 0.1) is 18.5 Å². The van der Waals surface area contributed by atoms with Gasteiger partial charge in [-0.1, -0.05) is 6.42 Å². The number of rotatable bonds is 1. The first-order valence-corrected chi connectivity index (χ1v) is 7.03. The zero-order chi connectivity index (χ0) is 13.0. The average Bonchev–Trinajstić information content (AvgIpc) is 2.98. The van der Waals surface area contributed by atoms with Gasteiger partial charge in [-0.25, -0.2) is 0 Å². The summed E-state index contributed by atoms with van der Waals surface area (Å²) in [4.78, 5) is 14.7. The van der Waals surface area contributed by atoms with E-state index in [1.54, 1.807) is 7.11 Å². The fourth-order valence-corrected chi connectivity index (χ4v) is 4.09. The molecule has 19 heavy (non-hydrogen) atoms. The van der Waals surface area contributed by atoms with Crippen molar-refractivity contribution in [3.8, 4) is 5.75 Å². The molecular weight excluding hydrogens is 240 g/mol. The van der Waals surface area contributed by atoms with E-state index in [1.165, 1.54) is 19.3 Å². The molecule has 0 aromatic heterocycles. The maximum absolute atomic E-state index is 12.4. The monoisotopic (exact) mass is 258 g/mol. The maximum atomic E-state index is 12.4. The first kappa shape index (κ1) is 11.1. The van der Waals surface area contributed by atoms with Crippen LogP contribution in [-0.2, 0) is 4.79 Å². The van der Waals surface area contributed by atoms with Gasteiger partial charge >= 0.3 is 0 Å². The predicted octanol–water partition coefficient (Wildman–Crippen LogP) is 2.25. The number of carbonyl (C=O) groups is 1. The Bertz CT molecular complexity index is 543. The summed E-state index contributed by atoms with van der Waals surface area (Å²) in [5, 5.41) is 3.06. The lowest BCUT2D eigenvalue weighted by molar-refractivity contribution is -0.118. The zero-order valence-corrected chi connectivity index (χ0v) is 11.1. The lowest BCUT2D eigenvalue weighted by Gasteiger charge is -2.35. The molecule has 4 heteroatoms. The molecule has 1 aromatic carbocycles. The summed E-state index contributed by atoms with van der Waals surface area (Å²) in [7, 11) is 1.65. The van der Waals surface area contributed by atoms with Crippen LogP contribution >= 0.6 is 0 Å². The van der Waals surface area contributed by atoms with Crippen molar-refractivity contribution in [1.82, 2.24) is 0 Å². The van der Waals surface area contributed by atoms with Gasteiger partial charge in [-0.15, -0.1) is 0 Å². The number of nitrogens with zero attached hydrogens (tertiary/aromatic N) is 1. The lowest BCUT2D eigenvalue weighted by atomic mass is 9.92. The first-order chi connectivity index (χ1) is 9.28. The van der Waals surface area contributed by atoms with E-state index < -0.39 is 0 Å². The Kier molecular flexibility index (Phi) is 2.28. The van der Waals surface area contributed by atoms with Gasteiger partial charge in [0.1, 0.15) is 11.8 Å². The Morgan fingerprint density at radius 2 is 2.26 bits per heavy atom. The van der Waals surface area contributed by atoms with E-state index in [-0.39, 0.29) is 11.9 Å². The number of amides is 1. The number of hydrogen-bond donors (Lipinski definition) is 1. The van der Waals surface area contributed by atoms with Crippen molar-refractivity contribution in [3.63, 3.8) is 0 Å². The summed E-state index contributed by atoms with van der Waals surface area (Å²) in [6.07, 6.45) is 3.75. The van der Waals surface area contributed by atoms with Crippen LogP contribution in [0, 0.1) is 11.8 Å². The summed E-state index contributed by atoms with van der Waals surface area (Å²) in [5.74, 6) is 2.20. The van der Waals surface area contributed by atoms with Crippen LogP contribution in [0.15, 0.2) is 18.2 Å². The molecule has 2 heterocycles. The van der Waals surface area contributed by atoms with Gasteiger partial charge in [0.2, 0.25) is 5.91 Å². The smallest absolute Gasteiger partial charge is 0.247 e. The molecule has 1 saturated carbocycles. The number of nitrogens with one attached hydrogen (secondary N) is 1. The van der Waals surface area contributed by atoms with Crippen molar-refractivity contribution >= 4 is 17.3 Å². The molecule has 4 nitrogen and oxygen atoms in total. The minimum absolute atomic E-state index is 0.0494.